The maximum absolute atomic E-state index is 4.54. The summed E-state index contributed by atoms with van der Waals surface area (Å²) >= 11 is 0. The smallest absolute Gasteiger partial charge is 0.140 e. The Labute approximate surface area is 104 Å². The molecule has 0 aliphatic rings. The van der Waals surface area contributed by atoms with Gasteiger partial charge in [0, 0.05) is 25.3 Å². The van der Waals surface area contributed by atoms with Gasteiger partial charge in [-0.3, -0.25) is 0 Å². The molecule has 0 amide bonds. The van der Waals surface area contributed by atoms with Crippen LogP contribution in [0.5, 0.6) is 0 Å². The van der Waals surface area contributed by atoms with Crippen molar-refractivity contribution in [3.05, 3.63) is 36.7 Å². The number of anilines is 1. The Bertz CT molecular complexity index is 653. The molecule has 0 saturated heterocycles. The van der Waals surface area contributed by atoms with Crippen LogP contribution in [0, 0.1) is 0 Å². The van der Waals surface area contributed by atoms with Crippen LogP contribution in [0.1, 0.15) is 0 Å². The first kappa shape index (κ1) is 10.7. The van der Waals surface area contributed by atoms with Gasteiger partial charge >= 0.3 is 0 Å². The quantitative estimate of drug-likeness (QED) is 0.744. The van der Waals surface area contributed by atoms with Gasteiger partial charge in [-0.15, -0.1) is 0 Å². The fourth-order valence-corrected chi connectivity index (χ4v) is 1.97. The molecule has 3 aromatic rings. The lowest BCUT2D eigenvalue weighted by molar-refractivity contribution is 1.05. The van der Waals surface area contributed by atoms with Gasteiger partial charge in [-0.05, 0) is 12.1 Å². The van der Waals surface area contributed by atoms with Gasteiger partial charge in [0.25, 0.3) is 0 Å². The van der Waals surface area contributed by atoms with Crippen LogP contribution in [-0.2, 0) is 0 Å². The van der Waals surface area contributed by atoms with Crippen LogP contribution < -0.4 is 4.90 Å². The molecule has 1 N–H and O–H groups in total. The molecule has 0 radical (unpaired) electrons. The molecule has 90 valence electrons. The maximum Gasteiger partial charge on any atom is 0.140 e. The zero-order valence-electron chi connectivity index (χ0n) is 10.3. The highest BCUT2D eigenvalue weighted by Crippen LogP contribution is 2.28. The Kier molecular flexibility index (Phi) is 2.44. The zero-order chi connectivity index (χ0) is 12.5. The number of aromatic nitrogens is 4. The predicted molar refractivity (Wildman–Crippen MR) is 71.4 cm³/mol. The number of rotatable bonds is 2. The lowest BCUT2D eigenvalue weighted by Crippen LogP contribution is -2.09. The predicted octanol–water partition coefficient (Wildman–Crippen LogP) is 2.09. The van der Waals surface area contributed by atoms with E-state index >= 15 is 0 Å². The minimum absolute atomic E-state index is 0.827. The van der Waals surface area contributed by atoms with Gasteiger partial charge < -0.3 is 9.88 Å². The summed E-state index contributed by atoms with van der Waals surface area (Å²) in [5.74, 6) is 0.837. The van der Waals surface area contributed by atoms with Crippen molar-refractivity contribution in [2.45, 2.75) is 0 Å². The van der Waals surface area contributed by atoms with Crippen LogP contribution in [0.15, 0.2) is 36.7 Å². The number of hydrogen-bond acceptors (Lipinski definition) is 4. The second kappa shape index (κ2) is 4.10. The normalized spacial score (nSPS) is 10.8. The van der Waals surface area contributed by atoms with Gasteiger partial charge in [0.2, 0.25) is 0 Å². The number of para-hydroxylation sites is 1. The van der Waals surface area contributed by atoms with Crippen molar-refractivity contribution >= 4 is 16.7 Å². The Morgan fingerprint density at radius 1 is 1.06 bits per heavy atom. The van der Waals surface area contributed by atoms with Gasteiger partial charge in [0.1, 0.15) is 11.3 Å². The van der Waals surface area contributed by atoms with E-state index in [0.717, 1.165) is 28.1 Å². The largest absolute Gasteiger partial charge is 0.377 e. The molecule has 3 rings (SSSR count). The number of fused-ring (bicyclic) bond motifs is 1. The lowest BCUT2D eigenvalue weighted by atomic mass is 10.1. The zero-order valence-corrected chi connectivity index (χ0v) is 10.3. The van der Waals surface area contributed by atoms with Crippen LogP contribution in [0.4, 0.5) is 5.69 Å². The molecule has 0 bridgehead atoms. The number of H-pyrrole nitrogens is 1. The number of nitrogens with one attached hydrogen (secondary N) is 1. The molecule has 0 spiro atoms. The molecule has 18 heavy (non-hydrogen) atoms. The molecular formula is C13H13N5. The summed E-state index contributed by atoms with van der Waals surface area (Å²) in [5, 5.41) is 7.68. The Morgan fingerprint density at radius 3 is 2.61 bits per heavy atom. The summed E-state index contributed by atoms with van der Waals surface area (Å²) in [6.45, 7) is 0. The van der Waals surface area contributed by atoms with Crippen LogP contribution in [0.2, 0.25) is 0 Å². The van der Waals surface area contributed by atoms with E-state index in [1.165, 1.54) is 0 Å². The molecule has 1 aromatic carbocycles. The van der Waals surface area contributed by atoms with Gasteiger partial charge in [-0.1, -0.05) is 12.1 Å². The van der Waals surface area contributed by atoms with Crippen LogP contribution in [0.25, 0.3) is 22.4 Å². The molecule has 2 aromatic heterocycles. The molecule has 0 aliphatic carbocycles. The molecule has 5 heteroatoms. The van der Waals surface area contributed by atoms with Crippen LogP contribution >= 0.6 is 0 Å². The maximum atomic E-state index is 4.54. The highest BCUT2D eigenvalue weighted by Gasteiger charge is 2.10. The second-order valence-corrected chi connectivity index (χ2v) is 4.29. The van der Waals surface area contributed by atoms with Crippen molar-refractivity contribution in [1.82, 2.24) is 20.2 Å². The molecule has 2 heterocycles. The van der Waals surface area contributed by atoms with Crippen molar-refractivity contribution in [2.75, 3.05) is 19.0 Å². The van der Waals surface area contributed by atoms with E-state index in [-0.39, 0.29) is 0 Å². The van der Waals surface area contributed by atoms with Crippen molar-refractivity contribution in [3.8, 4) is 11.4 Å². The number of benzene rings is 1. The average Bonchev–Trinajstić information content (AvgIpc) is 2.82. The molecule has 0 unspecified atom stereocenters. The van der Waals surface area contributed by atoms with Crippen molar-refractivity contribution in [3.63, 3.8) is 0 Å². The van der Waals surface area contributed by atoms with E-state index in [1.807, 2.05) is 32.3 Å². The fraction of sp³-hybridized carbons (Fsp3) is 0.154. The summed E-state index contributed by atoms with van der Waals surface area (Å²) < 4.78 is 0. The van der Waals surface area contributed by atoms with Gasteiger partial charge in [0.15, 0.2) is 0 Å². The average molecular weight is 239 g/mol. The molecule has 5 nitrogen and oxygen atoms in total. The molecule has 0 fully saturated rings. The van der Waals surface area contributed by atoms with E-state index in [1.54, 1.807) is 12.4 Å². The fourth-order valence-electron chi connectivity index (χ4n) is 1.97. The second-order valence-electron chi connectivity index (χ2n) is 4.29. The SMILES string of the molecule is CN(C)c1ccccc1-c1nc2cnncc2[nH]1. The van der Waals surface area contributed by atoms with Crippen molar-refractivity contribution in [2.24, 2.45) is 0 Å². The minimum Gasteiger partial charge on any atom is -0.377 e. The van der Waals surface area contributed by atoms with E-state index in [4.69, 9.17) is 0 Å². The highest BCUT2D eigenvalue weighted by atomic mass is 15.1. The highest BCUT2D eigenvalue weighted by molar-refractivity contribution is 5.82. The number of imidazole rings is 1. The first-order valence-corrected chi connectivity index (χ1v) is 5.69. The summed E-state index contributed by atoms with van der Waals surface area (Å²) in [6.07, 6.45) is 3.34. The third-order valence-corrected chi connectivity index (χ3v) is 2.84. The third-order valence-electron chi connectivity index (χ3n) is 2.84. The van der Waals surface area contributed by atoms with Gasteiger partial charge in [-0.2, -0.15) is 10.2 Å². The monoisotopic (exact) mass is 239 g/mol. The first-order valence-electron chi connectivity index (χ1n) is 5.69. The summed E-state index contributed by atoms with van der Waals surface area (Å²) in [7, 11) is 4.04. The molecule has 0 aliphatic heterocycles. The molecular weight excluding hydrogens is 226 g/mol. The van der Waals surface area contributed by atoms with Gasteiger partial charge in [-0.25, -0.2) is 4.98 Å². The third kappa shape index (κ3) is 1.69. The summed E-state index contributed by atoms with van der Waals surface area (Å²) in [6, 6.07) is 8.14. The van der Waals surface area contributed by atoms with E-state index in [2.05, 4.69) is 31.1 Å². The van der Waals surface area contributed by atoms with Crippen molar-refractivity contribution < 1.29 is 0 Å². The number of hydrogen-bond donors (Lipinski definition) is 1. The lowest BCUT2D eigenvalue weighted by Gasteiger charge is -2.15. The Morgan fingerprint density at radius 2 is 1.83 bits per heavy atom. The first-order chi connectivity index (χ1) is 8.75. The Hall–Kier alpha value is -2.43. The molecule has 0 atom stereocenters. The summed E-state index contributed by atoms with van der Waals surface area (Å²) in [4.78, 5) is 9.88. The van der Waals surface area contributed by atoms with Crippen molar-refractivity contribution in [1.29, 1.82) is 0 Å². The van der Waals surface area contributed by atoms with Crippen LogP contribution in [0.3, 0.4) is 0 Å². The van der Waals surface area contributed by atoms with E-state index < -0.39 is 0 Å². The number of nitrogens with zero attached hydrogens (tertiary/aromatic N) is 4. The molecule has 0 saturated carbocycles. The van der Waals surface area contributed by atoms with Crippen LogP contribution in [-0.4, -0.2) is 34.3 Å². The summed E-state index contributed by atoms with van der Waals surface area (Å²) in [5.41, 5.74) is 3.92. The van der Waals surface area contributed by atoms with E-state index in [9.17, 15) is 0 Å². The Balaban J connectivity index is 2.20. The van der Waals surface area contributed by atoms with Gasteiger partial charge in [0.05, 0.1) is 17.9 Å². The standard InChI is InChI=1S/C13H13N5/c1-18(2)12-6-4-3-5-9(12)13-16-10-7-14-15-8-11(10)17-13/h3-8H,1-2H3,(H,16,17). The minimum atomic E-state index is 0.827. The van der Waals surface area contributed by atoms with E-state index in [0.29, 0.717) is 0 Å². The number of aromatic amines is 1. The topological polar surface area (TPSA) is 57.7 Å².